The lowest BCUT2D eigenvalue weighted by Crippen LogP contribution is -2.45. The molecule has 0 unspecified atom stereocenters. The van der Waals surface area contributed by atoms with Crippen LogP contribution < -0.4 is 0 Å². The Hall–Kier alpha value is -1.08. The van der Waals surface area contributed by atoms with Gasteiger partial charge in [0.2, 0.25) is 0 Å². The molecule has 1 heteroatoms. The van der Waals surface area contributed by atoms with Gasteiger partial charge in [-0.1, -0.05) is 29.8 Å². The Morgan fingerprint density at radius 2 is 2.06 bits per heavy atom. The van der Waals surface area contributed by atoms with Crippen LogP contribution in [-0.4, -0.2) is 23.5 Å². The predicted octanol–water partition coefficient (Wildman–Crippen LogP) is 3.64. The number of hydrogen-bond acceptors (Lipinski definition) is 1. The summed E-state index contributed by atoms with van der Waals surface area (Å²) in [5, 5.41) is 0. The van der Waals surface area contributed by atoms with Crippen LogP contribution >= 0.6 is 0 Å². The monoisotopic (exact) mass is 239 g/mol. The number of benzene rings is 1. The second kappa shape index (κ2) is 3.96. The summed E-state index contributed by atoms with van der Waals surface area (Å²) in [6.07, 6.45) is 6.73. The van der Waals surface area contributed by atoms with Gasteiger partial charge in [-0.2, -0.15) is 0 Å². The van der Waals surface area contributed by atoms with Gasteiger partial charge < -0.3 is 0 Å². The lowest BCUT2D eigenvalue weighted by atomic mass is 9.77. The normalized spacial score (nSPS) is 30.9. The van der Waals surface area contributed by atoms with Crippen molar-refractivity contribution in [3.63, 3.8) is 0 Å². The van der Waals surface area contributed by atoms with Crippen molar-refractivity contribution in [1.82, 2.24) is 4.90 Å². The van der Waals surface area contributed by atoms with Crippen LogP contribution in [0.3, 0.4) is 0 Å². The highest BCUT2D eigenvalue weighted by molar-refractivity contribution is 5.77. The fourth-order valence-corrected chi connectivity index (χ4v) is 4.41. The minimum absolute atomic E-state index is 0.723. The summed E-state index contributed by atoms with van der Waals surface area (Å²) in [6, 6.07) is 10.6. The second-order valence-electron chi connectivity index (χ2n) is 6.14. The van der Waals surface area contributed by atoms with Crippen molar-refractivity contribution in [3.05, 3.63) is 41.0 Å². The first-order valence-electron chi connectivity index (χ1n) is 7.38. The van der Waals surface area contributed by atoms with Gasteiger partial charge in [-0.3, -0.25) is 4.90 Å². The molecule has 2 atom stereocenters. The molecule has 0 bridgehead atoms. The van der Waals surface area contributed by atoms with E-state index in [2.05, 4.69) is 36.1 Å². The summed E-state index contributed by atoms with van der Waals surface area (Å²) < 4.78 is 0. The van der Waals surface area contributed by atoms with Crippen molar-refractivity contribution in [1.29, 1.82) is 0 Å². The van der Waals surface area contributed by atoms with Crippen molar-refractivity contribution in [2.75, 3.05) is 6.54 Å². The van der Waals surface area contributed by atoms with E-state index in [-0.39, 0.29) is 0 Å². The van der Waals surface area contributed by atoms with Gasteiger partial charge in [-0.15, -0.1) is 0 Å². The third-order valence-electron chi connectivity index (χ3n) is 5.15. The molecule has 94 valence electrons. The number of hydrogen-bond donors (Lipinski definition) is 0. The molecule has 0 spiro atoms. The van der Waals surface area contributed by atoms with Gasteiger partial charge in [0.15, 0.2) is 0 Å². The number of aryl methyl sites for hydroxylation is 1. The van der Waals surface area contributed by atoms with Gasteiger partial charge in [-0.25, -0.2) is 0 Å². The second-order valence-corrected chi connectivity index (χ2v) is 6.14. The summed E-state index contributed by atoms with van der Waals surface area (Å²) >= 11 is 0. The van der Waals surface area contributed by atoms with E-state index in [0.717, 1.165) is 12.1 Å². The van der Waals surface area contributed by atoms with E-state index in [1.165, 1.54) is 38.6 Å². The first-order chi connectivity index (χ1) is 8.84. The van der Waals surface area contributed by atoms with E-state index in [4.69, 9.17) is 0 Å². The van der Waals surface area contributed by atoms with Crippen LogP contribution in [0.4, 0.5) is 0 Å². The van der Waals surface area contributed by atoms with Crippen LogP contribution in [0.15, 0.2) is 29.8 Å². The lowest BCUT2D eigenvalue weighted by molar-refractivity contribution is 0.193. The Bertz CT molecular complexity index is 514. The molecule has 2 aliphatic heterocycles. The van der Waals surface area contributed by atoms with Crippen LogP contribution in [0.2, 0.25) is 0 Å². The predicted molar refractivity (Wildman–Crippen MR) is 75.5 cm³/mol. The molecule has 1 aromatic rings. The molecule has 2 heterocycles. The summed E-state index contributed by atoms with van der Waals surface area (Å²) in [6.45, 7) is 3.70. The standard InChI is InChI=1S/C17H21N/c1-12-11-14-6-4-10-18(14)16-9-8-13-5-2-3-7-15(13)17(12)16/h2-3,5,7,14,16H,4,6,8-11H2,1H3/t14-,16+/m0/s1. The molecule has 1 aromatic carbocycles. The molecule has 0 amide bonds. The van der Waals surface area contributed by atoms with Crippen molar-refractivity contribution in [2.24, 2.45) is 0 Å². The van der Waals surface area contributed by atoms with Gasteiger partial charge >= 0.3 is 0 Å². The first kappa shape index (κ1) is 10.8. The summed E-state index contributed by atoms with van der Waals surface area (Å²) in [5.74, 6) is 0. The summed E-state index contributed by atoms with van der Waals surface area (Å²) in [5.41, 5.74) is 6.46. The third kappa shape index (κ3) is 1.43. The van der Waals surface area contributed by atoms with Gasteiger partial charge in [0.1, 0.15) is 0 Å². The minimum Gasteiger partial charge on any atom is -0.293 e. The SMILES string of the molecule is CC1=C2c3ccccc3CC[C@H]2N2CCC[C@H]2C1. The van der Waals surface area contributed by atoms with Gasteiger partial charge in [-0.05, 0) is 62.3 Å². The van der Waals surface area contributed by atoms with Crippen molar-refractivity contribution >= 4 is 5.57 Å². The average molecular weight is 239 g/mol. The van der Waals surface area contributed by atoms with Crippen LogP contribution in [-0.2, 0) is 6.42 Å². The van der Waals surface area contributed by atoms with Crippen molar-refractivity contribution < 1.29 is 0 Å². The molecule has 1 aliphatic carbocycles. The highest BCUT2D eigenvalue weighted by atomic mass is 15.2. The Morgan fingerprint density at radius 1 is 1.17 bits per heavy atom. The zero-order chi connectivity index (χ0) is 12.1. The molecule has 1 nitrogen and oxygen atoms in total. The Morgan fingerprint density at radius 3 is 3.00 bits per heavy atom. The molecule has 0 radical (unpaired) electrons. The molecular weight excluding hydrogens is 218 g/mol. The molecule has 18 heavy (non-hydrogen) atoms. The van der Waals surface area contributed by atoms with E-state index < -0.39 is 0 Å². The topological polar surface area (TPSA) is 3.24 Å². The van der Waals surface area contributed by atoms with Crippen LogP contribution in [0.5, 0.6) is 0 Å². The lowest BCUT2D eigenvalue weighted by Gasteiger charge is -2.43. The van der Waals surface area contributed by atoms with Crippen LogP contribution in [0.1, 0.15) is 43.7 Å². The van der Waals surface area contributed by atoms with Crippen molar-refractivity contribution in [2.45, 2.75) is 51.1 Å². The summed E-state index contributed by atoms with van der Waals surface area (Å²) in [7, 11) is 0. The van der Waals surface area contributed by atoms with E-state index in [9.17, 15) is 0 Å². The maximum atomic E-state index is 2.80. The van der Waals surface area contributed by atoms with E-state index in [0.29, 0.717) is 0 Å². The van der Waals surface area contributed by atoms with Gasteiger partial charge in [0.25, 0.3) is 0 Å². The first-order valence-corrected chi connectivity index (χ1v) is 7.38. The Kier molecular flexibility index (Phi) is 2.38. The van der Waals surface area contributed by atoms with Crippen LogP contribution in [0, 0.1) is 0 Å². The Balaban J connectivity index is 1.85. The maximum Gasteiger partial charge on any atom is 0.0359 e. The van der Waals surface area contributed by atoms with E-state index >= 15 is 0 Å². The molecule has 4 rings (SSSR count). The molecule has 1 fully saturated rings. The fourth-order valence-electron chi connectivity index (χ4n) is 4.41. The third-order valence-corrected chi connectivity index (χ3v) is 5.15. The number of nitrogens with zero attached hydrogens (tertiary/aromatic N) is 1. The highest BCUT2D eigenvalue weighted by Crippen LogP contribution is 2.44. The molecular formula is C17H21N. The largest absolute Gasteiger partial charge is 0.293 e. The zero-order valence-electron chi connectivity index (χ0n) is 11.2. The minimum atomic E-state index is 0.723. The van der Waals surface area contributed by atoms with E-state index in [1.807, 2.05) is 0 Å². The molecule has 1 saturated heterocycles. The summed E-state index contributed by atoms with van der Waals surface area (Å²) in [4.78, 5) is 2.80. The van der Waals surface area contributed by atoms with Crippen LogP contribution in [0.25, 0.3) is 5.57 Å². The molecule has 3 aliphatic rings. The average Bonchev–Trinajstić information content (AvgIpc) is 2.86. The fraction of sp³-hybridized carbons (Fsp3) is 0.529. The Labute approximate surface area is 109 Å². The number of rotatable bonds is 0. The smallest absolute Gasteiger partial charge is 0.0359 e. The number of fused-ring (bicyclic) bond motifs is 5. The molecule has 0 aromatic heterocycles. The van der Waals surface area contributed by atoms with Crippen molar-refractivity contribution in [3.8, 4) is 0 Å². The zero-order valence-corrected chi connectivity index (χ0v) is 11.2. The highest BCUT2D eigenvalue weighted by Gasteiger charge is 2.39. The quantitative estimate of drug-likeness (QED) is 0.668. The van der Waals surface area contributed by atoms with Gasteiger partial charge in [0.05, 0.1) is 0 Å². The van der Waals surface area contributed by atoms with Gasteiger partial charge in [0, 0.05) is 12.1 Å². The molecule has 0 saturated carbocycles. The molecule has 0 N–H and O–H groups in total. The van der Waals surface area contributed by atoms with E-state index in [1.54, 1.807) is 22.3 Å². The maximum absolute atomic E-state index is 2.80.